The number of aliphatic hydroxyl groups excluding tert-OH is 1. The summed E-state index contributed by atoms with van der Waals surface area (Å²) in [6.07, 6.45) is -1.27. The van der Waals surface area contributed by atoms with Gasteiger partial charge in [0.2, 0.25) is 5.91 Å². The lowest BCUT2D eigenvalue weighted by Gasteiger charge is -2.19. The van der Waals surface area contributed by atoms with E-state index in [-0.39, 0.29) is 12.0 Å². The number of halogens is 1. The first-order chi connectivity index (χ1) is 8.62. The van der Waals surface area contributed by atoms with Crippen molar-refractivity contribution in [1.82, 2.24) is 9.97 Å². The van der Waals surface area contributed by atoms with Gasteiger partial charge in [-0.15, -0.1) is 0 Å². The van der Waals surface area contributed by atoms with Crippen LogP contribution in [0.15, 0.2) is 0 Å². The highest BCUT2D eigenvalue weighted by Gasteiger charge is 2.21. The van der Waals surface area contributed by atoms with Gasteiger partial charge in [0.25, 0.3) is 0 Å². The van der Waals surface area contributed by atoms with Gasteiger partial charge in [0.05, 0.1) is 6.54 Å². The number of aromatic nitrogens is 2. The van der Waals surface area contributed by atoms with Crippen molar-refractivity contribution in [1.29, 1.82) is 0 Å². The minimum absolute atomic E-state index is 0.0207. The average molecular weight is 287 g/mol. The SMILES string of the molecule is Cc1c(Cl)nc(C(C)(C)C)nc1NCC(O)C(N)=O. The monoisotopic (exact) mass is 286 g/mol. The van der Waals surface area contributed by atoms with Gasteiger partial charge < -0.3 is 16.2 Å². The maximum atomic E-state index is 10.8. The normalized spacial score (nSPS) is 13.2. The van der Waals surface area contributed by atoms with E-state index in [0.29, 0.717) is 22.4 Å². The topological polar surface area (TPSA) is 101 Å². The standard InChI is InChI=1S/C12H19ClN4O2/c1-6-8(13)16-11(12(2,3)4)17-10(6)15-5-7(18)9(14)19/h7,18H,5H2,1-4H3,(H2,14,19)(H,15,16,17). The minimum atomic E-state index is -1.27. The summed E-state index contributed by atoms with van der Waals surface area (Å²) in [6, 6.07) is 0. The summed E-state index contributed by atoms with van der Waals surface area (Å²) in [5, 5.41) is 12.6. The van der Waals surface area contributed by atoms with Gasteiger partial charge in [0, 0.05) is 11.0 Å². The van der Waals surface area contributed by atoms with E-state index in [4.69, 9.17) is 17.3 Å². The molecule has 6 nitrogen and oxygen atoms in total. The van der Waals surface area contributed by atoms with Crippen molar-refractivity contribution >= 4 is 23.3 Å². The fraction of sp³-hybridized carbons (Fsp3) is 0.583. The number of rotatable bonds is 4. The van der Waals surface area contributed by atoms with Crippen molar-refractivity contribution in [2.75, 3.05) is 11.9 Å². The summed E-state index contributed by atoms with van der Waals surface area (Å²) in [6.45, 7) is 7.64. The molecule has 0 fully saturated rings. The summed E-state index contributed by atoms with van der Waals surface area (Å²) >= 11 is 6.06. The molecule has 19 heavy (non-hydrogen) atoms. The molecule has 1 unspecified atom stereocenters. The predicted octanol–water partition coefficient (Wildman–Crippen LogP) is 0.994. The number of aliphatic hydroxyl groups is 1. The molecular weight excluding hydrogens is 268 g/mol. The van der Waals surface area contributed by atoms with E-state index in [9.17, 15) is 9.90 Å². The number of carbonyl (C=O) groups is 1. The fourth-order valence-electron chi connectivity index (χ4n) is 1.29. The number of nitrogens with one attached hydrogen (secondary N) is 1. The van der Waals surface area contributed by atoms with Crippen molar-refractivity contribution < 1.29 is 9.90 Å². The molecule has 1 amide bonds. The van der Waals surface area contributed by atoms with Crippen LogP contribution in [0, 0.1) is 6.92 Å². The van der Waals surface area contributed by atoms with Gasteiger partial charge in [-0.1, -0.05) is 32.4 Å². The summed E-state index contributed by atoms with van der Waals surface area (Å²) in [7, 11) is 0. The molecule has 0 radical (unpaired) electrons. The summed E-state index contributed by atoms with van der Waals surface area (Å²) in [5.41, 5.74) is 5.38. The Hall–Kier alpha value is -1.40. The first kappa shape index (κ1) is 15.7. The molecule has 0 aliphatic rings. The second-order valence-electron chi connectivity index (χ2n) is 5.36. The second-order valence-corrected chi connectivity index (χ2v) is 5.72. The van der Waals surface area contributed by atoms with E-state index in [1.807, 2.05) is 20.8 Å². The number of hydrogen-bond acceptors (Lipinski definition) is 5. The van der Waals surface area contributed by atoms with E-state index in [1.165, 1.54) is 0 Å². The van der Waals surface area contributed by atoms with Gasteiger partial charge in [0.15, 0.2) is 0 Å². The Balaban J connectivity index is 3.00. The van der Waals surface area contributed by atoms with Crippen LogP contribution >= 0.6 is 11.6 Å². The second kappa shape index (κ2) is 5.71. The highest BCUT2D eigenvalue weighted by molar-refractivity contribution is 6.30. The van der Waals surface area contributed by atoms with Crippen LogP contribution < -0.4 is 11.1 Å². The Morgan fingerprint density at radius 2 is 2.05 bits per heavy atom. The number of hydrogen-bond donors (Lipinski definition) is 3. The molecule has 1 aromatic heterocycles. The van der Waals surface area contributed by atoms with Crippen molar-refractivity contribution in [3.05, 3.63) is 16.5 Å². The molecule has 1 atom stereocenters. The molecule has 0 aliphatic carbocycles. The summed E-state index contributed by atoms with van der Waals surface area (Å²) in [5.74, 6) is 0.283. The van der Waals surface area contributed by atoms with E-state index < -0.39 is 12.0 Å². The zero-order valence-corrected chi connectivity index (χ0v) is 12.2. The van der Waals surface area contributed by atoms with E-state index in [2.05, 4.69) is 15.3 Å². The van der Waals surface area contributed by atoms with Gasteiger partial charge >= 0.3 is 0 Å². The van der Waals surface area contributed by atoms with Crippen LogP contribution in [0.4, 0.5) is 5.82 Å². The first-order valence-electron chi connectivity index (χ1n) is 5.88. The van der Waals surface area contributed by atoms with Gasteiger partial charge in [-0.2, -0.15) is 0 Å². The van der Waals surface area contributed by atoms with E-state index in [0.717, 1.165) is 0 Å². The van der Waals surface area contributed by atoms with Crippen LogP contribution in [-0.2, 0) is 10.2 Å². The van der Waals surface area contributed by atoms with Gasteiger partial charge in [-0.25, -0.2) is 9.97 Å². The van der Waals surface area contributed by atoms with Crippen LogP contribution in [0.2, 0.25) is 5.15 Å². The van der Waals surface area contributed by atoms with Crippen molar-refractivity contribution in [2.24, 2.45) is 5.73 Å². The Labute approximate surface area is 117 Å². The zero-order chi connectivity index (χ0) is 14.8. The Morgan fingerprint density at radius 3 is 2.53 bits per heavy atom. The maximum absolute atomic E-state index is 10.8. The molecule has 0 saturated carbocycles. The molecule has 0 spiro atoms. The van der Waals surface area contributed by atoms with Crippen molar-refractivity contribution in [3.63, 3.8) is 0 Å². The minimum Gasteiger partial charge on any atom is -0.381 e. The highest BCUT2D eigenvalue weighted by atomic mass is 35.5. The third kappa shape index (κ3) is 4.04. The summed E-state index contributed by atoms with van der Waals surface area (Å²) in [4.78, 5) is 19.4. The Morgan fingerprint density at radius 1 is 1.47 bits per heavy atom. The fourth-order valence-corrected chi connectivity index (χ4v) is 1.46. The number of primary amides is 1. The molecule has 1 heterocycles. The zero-order valence-electron chi connectivity index (χ0n) is 11.5. The lowest BCUT2D eigenvalue weighted by Crippen LogP contribution is -2.34. The van der Waals surface area contributed by atoms with E-state index in [1.54, 1.807) is 6.92 Å². The van der Waals surface area contributed by atoms with Crippen LogP contribution in [0.5, 0.6) is 0 Å². The summed E-state index contributed by atoms with van der Waals surface area (Å²) < 4.78 is 0. The number of carbonyl (C=O) groups excluding carboxylic acids is 1. The molecule has 0 aliphatic heterocycles. The molecule has 0 saturated heterocycles. The highest BCUT2D eigenvalue weighted by Crippen LogP contribution is 2.25. The molecule has 7 heteroatoms. The van der Waals surface area contributed by atoms with Crippen molar-refractivity contribution in [3.8, 4) is 0 Å². The number of nitrogens with two attached hydrogens (primary N) is 1. The lowest BCUT2D eigenvalue weighted by molar-refractivity contribution is -0.125. The average Bonchev–Trinajstić information content (AvgIpc) is 2.28. The molecule has 1 aromatic rings. The largest absolute Gasteiger partial charge is 0.381 e. The molecule has 0 aromatic carbocycles. The van der Waals surface area contributed by atoms with E-state index >= 15 is 0 Å². The molecule has 1 rings (SSSR count). The Kier molecular flexibility index (Phi) is 4.70. The maximum Gasteiger partial charge on any atom is 0.248 e. The van der Waals surface area contributed by atoms with Crippen LogP contribution in [0.1, 0.15) is 32.2 Å². The molecule has 106 valence electrons. The van der Waals surface area contributed by atoms with Crippen LogP contribution in [0.25, 0.3) is 0 Å². The molecule has 4 N–H and O–H groups in total. The number of nitrogens with zero attached hydrogens (tertiary/aromatic N) is 2. The van der Waals surface area contributed by atoms with Crippen molar-refractivity contribution in [2.45, 2.75) is 39.2 Å². The number of amides is 1. The lowest BCUT2D eigenvalue weighted by atomic mass is 9.95. The third-order valence-corrected chi connectivity index (χ3v) is 2.92. The smallest absolute Gasteiger partial charge is 0.248 e. The molecular formula is C12H19ClN4O2. The van der Waals surface area contributed by atoms with Crippen LogP contribution in [-0.4, -0.2) is 33.6 Å². The third-order valence-electron chi connectivity index (χ3n) is 2.55. The predicted molar refractivity (Wildman–Crippen MR) is 74.2 cm³/mol. The number of anilines is 1. The van der Waals surface area contributed by atoms with Gasteiger partial charge in [-0.05, 0) is 6.92 Å². The van der Waals surface area contributed by atoms with Gasteiger partial charge in [-0.3, -0.25) is 4.79 Å². The first-order valence-corrected chi connectivity index (χ1v) is 6.26. The quantitative estimate of drug-likeness (QED) is 0.717. The van der Waals surface area contributed by atoms with Gasteiger partial charge in [0.1, 0.15) is 22.9 Å². The molecule has 0 bridgehead atoms. The Bertz CT molecular complexity index is 485. The van der Waals surface area contributed by atoms with Crippen LogP contribution in [0.3, 0.4) is 0 Å².